The first-order valence-corrected chi connectivity index (χ1v) is 6.78. The zero-order valence-electron chi connectivity index (χ0n) is 10.8. The summed E-state index contributed by atoms with van der Waals surface area (Å²) >= 11 is 0. The number of carbonyl (C=O) groups excluding carboxylic acids is 1. The SMILES string of the molecule is O=C(O)CCCCCCNC(=O)CC1CCCO1. The molecule has 0 aliphatic carbocycles. The molecule has 0 aromatic rings. The van der Waals surface area contributed by atoms with Crippen molar-refractivity contribution in [2.45, 2.75) is 57.5 Å². The molecule has 1 aliphatic rings. The summed E-state index contributed by atoms with van der Waals surface area (Å²) in [5, 5.41) is 11.3. The Labute approximate surface area is 108 Å². The van der Waals surface area contributed by atoms with Gasteiger partial charge in [-0.15, -0.1) is 0 Å². The van der Waals surface area contributed by atoms with E-state index in [1.165, 1.54) is 0 Å². The Morgan fingerprint density at radius 3 is 2.67 bits per heavy atom. The quantitative estimate of drug-likeness (QED) is 0.616. The summed E-state index contributed by atoms with van der Waals surface area (Å²) < 4.78 is 5.39. The van der Waals surface area contributed by atoms with Crippen LogP contribution in [0.2, 0.25) is 0 Å². The molecule has 0 aromatic heterocycles. The van der Waals surface area contributed by atoms with Crippen molar-refractivity contribution in [3.63, 3.8) is 0 Å². The van der Waals surface area contributed by atoms with Crippen LogP contribution in [0.3, 0.4) is 0 Å². The van der Waals surface area contributed by atoms with Crippen LogP contribution in [0.25, 0.3) is 0 Å². The van der Waals surface area contributed by atoms with Crippen LogP contribution >= 0.6 is 0 Å². The van der Waals surface area contributed by atoms with Gasteiger partial charge in [0.1, 0.15) is 0 Å². The maximum absolute atomic E-state index is 11.5. The average Bonchev–Trinajstić information content (AvgIpc) is 2.80. The fourth-order valence-electron chi connectivity index (χ4n) is 2.07. The topological polar surface area (TPSA) is 75.6 Å². The molecule has 1 unspecified atom stereocenters. The Balaban J connectivity index is 1.87. The van der Waals surface area contributed by atoms with Gasteiger partial charge < -0.3 is 15.2 Å². The van der Waals surface area contributed by atoms with Crippen LogP contribution in [0, 0.1) is 0 Å². The molecule has 0 saturated carbocycles. The van der Waals surface area contributed by atoms with Gasteiger partial charge in [-0.2, -0.15) is 0 Å². The van der Waals surface area contributed by atoms with E-state index in [1.807, 2.05) is 0 Å². The van der Waals surface area contributed by atoms with Gasteiger partial charge in [-0.3, -0.25) is 9.59 Å². The van der Waals surface area contributed by atoms with E-state index in [1.54, 1.807) is 0 Å². The predicted octanol–water partition coefficient (Wildman–Crippen LogP) is 1.71. The Morgan fingerprint density at radius 1 is 1.22 bits per heavy atom. The average molecular weight is 257 g/mol. The van der Waals surface area contributed by atoms with Crippen LogP contribution in [0.1, 0.15) is 51.4 Å². The number of nitrogens with one attached hydrogen (secondary N) is 1. The standard InChI is InChI=1S/C13H23NO4/c15-12(10-11-6-5-9-18-11)14-8-4-2-1-3-7-13(16)17/h11H,1-10H2,(H,14,15)(H,16,17). The summed E-state index contributed by atoms with van der Waals surface area (Å²) in [6.45, 7) is 1.46. The lowest BCUT2D eigenvalue weighted by Crippen LogP contribution is -2.28. The summed E-state index contributed by atoms with van der Waals surface area (Å²) in [6.07, 6.45) is 6.38. The number of rotatable bonds is 9. The third kappa shape index (κ3) is 7.27. The van der Waals surface area contributed by atoms with Gasteiger partial charge >= 0.3 is 5.97 Å². The smallest absolute Gasteiger partial charge is 0.303 e. The Kier molecular flexibility index (Phi) is 7.41. The second-order valence-electron chi connectivity index (χ2n) is 4.75. The molecule has 0 radical (unpaired) electrons. The molecule has 1 amide bonds. The maximum atomic E-state index is 11.5. The molecule has 1 heterocycles. The summed E-state index contributed by atoms with van der Waals surface area (Å²) in [7, 11) is 0. The van der Waals surface area contributed by atoms with Gasteiger partial charge in [0.2, 0.25) is 5.91 Å². The molecule has 1 aliphatic heterocycles. The number of hydrogen-bond acceptors (Lipinski definition) is 3. The minimum absolute atomic E-state index is 0.0624. The summed E-state index contributed by atoms with van der Waals surface area (Å²) in [6, 6.07) is 0. The molecular formula is C13H23NO4. The molecule has 1 saturated heterocycles. The van der Waals surface area contributed by atoms with Gasteiger partial charge in [0.25, 0.3) is 0 Å². The normalized spacial score (nSPS) is 18.8. The second kappa shape index (κ2) is 8.91. The number of carboxylic acid groups (broad SMARTS) is 1. The fraction of sp³-hybridized carbons (Fsp3) is 0.846. The number of hydrogen-bond donors (Lipinski definition) is 2. The fourth-order valence-corrected chi connectivity index (χ4v) is 2.07. The molecule has 0 aromatic carbocycles. The maximum Gasteiger partial charge on any atom is 0.303 e. The number of carbonyl (C=O) groups is 2. The molecule has 1 rings (SSSR count). The van der Waals surface area contributed by atoms with Crippen LogP contribution in [-0.4, -0.2) is 36.2 Å². The van der Waals surface area contributed by atoms with Crippen molar-refractivity contribution >= 4 is 11.9 Å². The highest BCUT2D eigenvalue weighted by atomic mass is 16.5. The zero-order valence-corrected chi connectivity index (χ0v) is 10.8. The number of carboxylic acids is 1. The minimum atomic E-state index is -0.736. The van der Waals surface area contributed by atoms with Gasteiger partial charge in [-0.1, -0.05) is 12.8 Å². The highest BCUT2D eigenvalue weighted by Gasteiger charge is 2.18. The number of ether oxygens (including phenoxy) is 1. The summed E-state index contributed by atoms with van der Waals surface area (Å²) in [4.78, 5) is 21.8. The van der Waals surface area contributed by atoms with Crippen molar-refractivity contribution in [3.8, 4) is 0 Å². The van der Waals surface area contributed by atoms with Gasteiger partial charge in [-0.05, 0) is 25.7 Å². The lowest BCUT2D eigenvalue weighted by molar-refractivity contribution is -0.137. The van der Waals surface area contributed by atoms with E-state index in [-0.39, 0.29) is 18.4 Å². The molecular weight excluding hydrogens is 234 g/mol. The third-order valence-corrected chi connectivity index (χ3v) is 3.08. The predicted molar refractivity (Wildman–Crippen MR) is 67.3 cm³/mol. The van der Waals surface area contributed by atoms with Crippen molar-refractivity contribution in [3.05, 3.63) is 0 Å². The highest BCUT2D eigenvalue weighted by molar-refractivity contribution is 5.76. The van der Waals surface area contributed by atoms with E-state index in [4.69, 9.17) is 9.84 Å². The molecule has 0 spiro atoms. The van der Waals surface area contributed by atoms with Crippen molar-refractivity contribution in [2.75, 3.05) is 13.2 Å². The van der Waals surface area contributed by atoms with E-state index in [2.05, 4.69) is 5.32 Å². The molecule has 18 heavy (non-hydrogen) atoms. The third-order valence-electron chi connectivity index (χ3n) is 3.08. The van der Waals surface area contributed by atoms with Crippen molar-refractivity contribution in [1.82, 2.24) is 5.32 Å². The number of amides is 1. The molecule has 5 heteroatoms. The lowest BCUT2D eigenvalue weighted by atomic mass is 10.1. The van der Waals surface area contributed by atoms with E-state index in [0.29, 0.717) is 13.0 Å². The van der Waals surface area contributed by atoms with Crippen molar-refractivity contribution in [1.29, 1.82) is 0 Å². The molecule has 2 N–H and O–H groups in total. The Morgan fingerprint density at radius 2 is 2.00 bits per heavy atom. The highest BCUT2D eigenvalue weighted by Crippen LogP contribution is 2.14. The van der Waals surface area contributed by atoms with E-state index in [9.17, 15) is 9.59 Å². The Bertz CT molecular complexity index is 262. The van der Waals surface area contributed by atoms with Crippen LogP contribution < -0.4 is 5.32 Å². The van der Waals surface area contributed by atoms with Crippen LogP contribution in [0.4, 0.5) is 0 Å². The minimum Gasteiger partial charge on any atom is -0.481 e. The van der Waals surface area contributed by atoms with Crippen molar-refractivity contribution in [2.24, 2.45) is 0 Å². The van der Waals surface area contributed by atoms with E-state index in [0.717, 1.165) is 45.1 Å². The molecule has 1 atom stereocenters. The molecule has 5 nitrogen and oxygen atoms in total. The number of unbranched alkanes of at least 4 members (excludes halogenated alkanes) is 3. The van der Waals surface area contributed by atoms with Crippen LogP contribution in [0.5, 0.6) is 0 Å². The number of aliphatic carboxylic acids is 1. The summed E-state index contributed by atoms with van der Waals surface area (Å²) in [5.41, 5.74) is 0. The first-order chi connectivity index (χ1) is 8.68. The lowest BCUT2D eigenvalue weighted by Gasteiger charge is -2.09. The van der Waals surface area contributed by atoms with Crippen LogP contribution in [-0.2, 0) is 14.3 Å². The zero-order chi connectivity index (χ0) is 13.2. The molecule has 104 valence electrons. The van der Waals surface area contributed by atoms with Gasteiger partial charge in [0.15, 0.2) is 0 Å². The largest absolute Gasteiger partial charge is 0.481 e. The van der Waals surface area contributed by atoms with E-state index >= 15 is 0 Å². The Hall–Kier alpha value is -1.10. The van der Waals surface area contributed by atoms with Gasteiger partial charge in [-0.25, -0.2) is 0 Å². The first kappa shape index (κ1) is 15.0. The monoisotopic (exact) mass is 257 g/mol. The van der Waals surface area contributed by atoms with E-state index < -0.39 is 5.97 Å². The molecule has 0 bridgehead atoms. The summed E-state index contributed by atoms with van der Waals surface area (Å²) in [5.74, 6) is -0.674. The van der Waals surface area contributed by atoms with Gasteiger partial charge in [0.05, 0.1) is 12.5 Å². The van der Waals surface area contributed by atoms with Crippen LogP contribution in [0.15, 0.2) is 0 Å². The second-order valence-corrected chi connectivity index (χ2v) is 4.75. The van der Waals surface area contributed by atoms with Crippen molar-refractivity contribution < 1.29 is 19.4 Å². The van der Waals surface area contributed by atoms with Gasteiger partial charge in [0, 0.05) is 19.6 Å². The molecule has 1 fully saturated rings. The first-order valence-electron chi connectivity index (χ1n) is 6.78.